The molecule has 1 fully saturated rings. The largest absolute Gasteiger partial charge is 0.355 e. The first-order valence-electron chi connectivity index (χ1n) is 7.89. The van der Waals surface area contributed by atoms with Crippen LogP contribution in [-0.4, -0.2) is 18.5 Å². The average molecular weight is 292 g/mol. The molecule has 1 saturated heterocycles. The van der Waals surface area contributed by atoms with E-state index >= 15 is 0 Å². The minimum absolute atomic E-state index is 0.0216. The van der Waals surface area contributed by atoms with E-state index < -0.39 is 0 Å². The van der Waals surface area contributed by atoms with Crippen molar-refractivity contribution in [2.75, 3.05) is 6.54 Å². The number of hydrogen-bond acceptors (Lipinski definition) is 3. The van der Waals surface area contributed by atoms with Gasteiger partial charge < -0.3 is 5.32 Å². The van der Waals surface area contributed by atoms with Crippen LogP contribution in [0, 0.1) is 0 Å². The van der Waals surface area contributed by atoms with E-state index in [-0.39, 0.29) is 18.0 Å². The van der Waals surface area contributed by atoms with Crippen LogP contribution in [0.5, 0.6) is 0 Å². The zero-order valence-electron chi connectivity index (χ0n) is 12.2. The lowest BCUT2D eigenvalue weighted by Gasteiger charge is -2.20. The second-order valence-electron chi connectivity index (χ2n) is 6.03. The summed E-state index contributed by atoms with van der Waals surface area (Å²) in [7, 11) is 0. The number of amides is 1. The normalized spacial score (nSPS) is 24.6. The summed E-state index contributed by atoms with van der Waals surface area (Å²) in [5, 5.41) is 6.53. The summed E-state index contributed by atoms with van der Waals surface area (Å²) in [6.45, 7) is 3.02. The van der Waals surface area contributed by atoms with Gasteiger partial charge in [0.25, 0.3) is 0 Å². The minimum Gasteiger partial charge on any atom is -0.355 e. The van der Waals surface area contributed by atoms with Crippen LogP contribution in [0.25, 0.3) is 0 Å². The molecular formula is C16H24N2OS. The Morgan fingerprint density at radius 1 is 1.30 bits per heavy atom. The van der Waals surface area contributed by atoms with Crippen LogP contribution in [0.15, 0.2) is 6.07 Å². The first kappa shape index (κ1) is 14.1. The Labute approximate surface area is 125 Å². The van der Waals surface area contributed by atoms with Crippen molar-refractivity contribution in [3.8, 4) is 0 Å². The van der Waals surface area contributed by atoms with E-state index in [1.54, 1.807) is 10.4 Å². The van der Waals surface area contributed by atoms with E-state index in [2.05, 4.69) is 23.6 Å². The Kier molecular flexibility index (Phi) is 4.41. The Morgan fingerprint density at radius 2 is 2.15 bits per heavy atom. The number of rotatable bonds is 3. The summed E-state index contributed by atoms with van der Waals surface area (Å²) in [6, 6.07) is 2.62. The Bertz CT molecular complexity index is 459. The van der Waals surface area contributed by atoms with Gasteiger partial charge in [0.15, 0.2) is 0 Å². The third-order valence-corrected chi connectivity index (χ3v) is 5.85. The van der Waals surface area contributed by atoms with Gasteiger partial charge in [-0.2, -0.15) is 0 Å². The first-order chi connectivity index (χ1) is 9.74. The van der Waals surface area contributed by atoms with Crippen LogP contribution in [0.2, 0.25) is 0 Å². The van der Waals surface area contributed by atoms with Gasteiger partial charge in [0.2, 0.25) is 5.91 Å². The topological polar surface area (TPSA) is 41.1 Å². The molecule has 2 atom stereocenters. The highest BCUT2D eigenvalue weighted by atomic mass is 32.1. The van der Waals surface area contributed by atoms with Gasteiger partial charge in [-0.1, -0.05) is 0 Å². The molecule has 0 spiro atoms. The van der Waals surface area contributed by atoms with Crippen molar-refractivity contribution in [1.82, 2.24) is 10.6 Å². The Morgan fingerprint density at radius 3 is 3.00 bits per heavy atom. The molecule has 20 heavy (non-hydrogen) atoms. The molecule has 0 radical (unpaired) electrons. The minimum atomic E-state index is -0.0216. The zero-order chi connectivity index (χ0) is 13.9. The second kappa shape index (κ2) is 6.27. The predicted molar refractivity (Wildman–Crippen MR) is 83.2 cm³/mol. The lowest BCUT2D eigenvalue weighted by Crippen LogP contribution is -2.43. The van der Waals surface area contributed by atoms with E-state index in [0.717, 1.165) is 25.8 Å². The van der Waals surface area contributed by atoms with Crippen molar-refractivity contribution in [3.05, 3.63) is 21.4 Å². The molecule has 0 saturated carbocycles. The SMILES string of the molecule is CC(NC1CCCCNC1=O)c1cc2c(s1)CCCC2. The smallest absolute Gasteiger partial charge is 0.237 e. The van der Waals surface area contributed by atoms with Crippen LogP contribution in [0.4, 0.5) is 0 Å². The summed E-state index contributed by atoms with van der Waals surface area (Å²) < 4.78 is 0. The fourth-order valence-electron chi connectivity index (χ4n) is 3.21. The number of carbonyl (C=O) groups excluding carboxylic acids is 1. The number of aryl methyl sites for hydroxylation is 2. The summed E-state index contributed by atoms with van der Waals surface area (Å²) in [5.74, 6) is 0.177. The molecule has 0 bridgehead atoms. The Balaban J connectivity index is 1.67. The van der Waals surface area contributed by atoms with Crippen molar-refractivity contribution in [3.63, 3.8) is 0 Å². The molecule has 2 unspecified atom stereocenters. The molecule has 110 valence electrons. The summed E-state index contributed by atoms with van der Waals surface area (Å²) in [6.07, 6.45) is 8.34. The van der Waals surface area contributed by atoms with Crippen molar-refractivity contribution in [2.24, 2.45) is 0 Å². The monoisotopic (exact) mass is 292 g/mol. The molecule has 1 aliphatic heterocycles. The van der Waals surface area contributed by atoms with Crippen LogP contribution in [0.1, 0.15) is 60.4 Å². The van der Waals surface area contributed by atoms with Crippen molar-refractivity contribution < 1.29 is 4.79 Å². The fourth-order valence-corrected chi connectivity index (χ4v) is 4.48. The van der Waals surface area contributed by atoms with Gasteiger partial charge >= 0.3 is 0 Å². The standard InChI is InChI=1S/C16H24N2OS/c1-11(18-13-7-4-5-9-17-16(13)19)15-10-12-6-2-3-8-14(12)20-15/h10-11,13,18H,2-9H2,1H3,(H,17,19). The van der Waals surface area contributed by atoms with Gasteiger partial charge in [0.1, 0.15) is 0 Å². The number of hydrogen-bond donors (Lipinski definition) is 2. The van der Waals surface area contributed by atoms with Gasteiger partial charge in [-0.3, -0.25) is 10.1 Å². The molecule has 2 aliphatic rings. The molecule has 1 aliphatic carbocycles. The summed E-state index contributed by atoms with van der Waals surface area (Å²) in [4.78, 5) is 15.0. The van der Waals surface area contributed by atoms with E-state index in [1.807, 2.05) is 11.3 Å². The Hall–Kier alpha value is -0.870. The van der Waals surface area contributed by atoms with Crippen LogP contribution >= 0.6 is 11.3 Å². The molecule has 4 heteroatoms. The maximum atomic E-state index is 12.0. The molecule has 1 amide bonds. The van der Waals surface area contributed by atoms with Gasteiger partial charge in [-0.15, -0.1) is 11.3 Å². The highest BCUT2D eigenvalue weighted by molar-refractivity contribution is 7.12. The fraction of sp³-hybridized carbons (Fsp3) is 0.688. The molecule has 0 aromatic carbocycles. The van der Waals surface area contributed by atoms with E-state index in [1.165, 1.54) is 30.6 Å². The van der Waals surface area contributed by atoms with Crippen molar-refractivity contribution >= 4 is 17.2 Å². The number of carbonyl (C=O) groups is 1. The maximum Gasteiger partial charge on any atom is 0.237 e. The third-order valence-electron chi connectivity index (χ3n) is 4.43. The second-order valence-corrected chi connectivity index (χ2v) is 7.20. The molecule has 3 nitrogen and oxygen atoms in total. The molecule has 1 aromatic heterocycles. The number of thiophene rings is 1. The predicted octanol–water partition coefficient (Wildman–Crippen LogP) is 2.95. The van der Waals surface area contributed by atoms with Gasteiger partial charge in [0.05, 0.1) is 6.04 Å². The van der Waals surface area contributed by atoms with E-state index in [0.29, 0.717) is 0 Å². The zero-order valence-corrected chi connectivity index (χ0v) is 13.0. The summed E-state index contributed by atoms with van der Waals surface area (Å²) >= 11 is 1.94. The number of fused-ring (bicyclic) bond motifs is 1. The molecule has 1 aromatic rings. The molecule has 2 heterocycles. The maximum absolute atomic E-state index is 12.0. The lowest BCUT2D eigenvalue weighted by atomic mass is 9.99. The van der Waals surface area contributed by atoms with Crippen molar-refractivity contribution in [2.45, 2.75) is 64.0 Å². The van der Waals surface area contributed by atoms with Crippen LogP contribution in [-0.2, 0) is 17.6 Å². The van der Waals surface area contributed by atoms with Crippen LogP contribution in [0.3, 0.4) is 0 Å². The molecular weight excluding hydrogens is 268 g/mol. The highest BCUT2D eigenvalue weighted by Crippen LogP contribution is 2.33. The van der Waals surface area contributed by atoms with Crippen LogP contribution < -0.4 is 10.6 Å². The van der Waals surface area contributed by atoms with Crippen molar-refractivity contribution in [1.29, 1.82) is 0 Å². The molecule has 2 N–H and O–H groups in total. The summed E-state index contributed by atoms with van der Waals surface area (Å²) in [5.41, 5.74) is 1.55. The van der Waals surface area contributed by atoms with Gasteiger partial charge in [-0.25, -0.2) is 0 Å². The number of nitrogens with one attached hydrogen (secondary N) is 2. The highest BCUT2D eigenvalue weighted by Gasteiger charge is 2.24. The van der Waals surface area contributed by atoms with E-state index in [9.17, 15) is 4.79 Å². The quantitative estimate of drug-likeness (QED) is 0.899. The molecule has 3 rings (SSSR count). The van der Waals surface area contributed by atoms with Gasteiger partial charge in [-0.05, 0) is 63.5 Å². The third kappa shape index (κ3) is 3.07. The average Bonchev–Trinajstić information content (AvgIpc) is 2.79. The van der Waals surface area contributed by atoms with Gasteiger partial charge in [0, 0.05) is 22.3 Å². The lowest BCUT2D eigenvalue weighted by molar-refractivity contribution is -0.123. The first-order valence-corrected chi connectivity index (χ1v) is 8.71. The van der Waals surface area contributed by atoms with E-state index in [4.69, 9.17) is 0 Å².